The van der Waals surface area contributed by atoms with Crippen LogP contribution >= 0.6 is 0 Å². The summed E-state index contributed by atoms with van der Waals surface area (Å²) in [7, 11) is 0. The van der Waals surface area contributed by atoms with Gasteiger partial charge in [0, 0.05) is 24.1 Å². The van der Waals surface area contributed by atoms with Crippen LogP contribution in [0.15, 0.2) is 97.3 Å². The molecule has 3 aromatic carbocycles. The van der Waals surface area contributed by atoms with Crippen LogP contribution in [0.3, 0.4) is 0 Å². The van der Waals surface area contributed by atoms with Gasteiger partial charge in [0.25, 0.3) is 0 Å². The van der Waals surface area contributed by atoms with Crippen LogP contribution in [0.4, 0.5) is 11.4 Å². The highest BCUT2D eigenvalue weighted by atomic mass is 16.2. The van der Waals surface area contributed by atoms with E-state index in [2.05, 4.69) is 10.4 Å². The minimum atomic E-state index is -0.118. The average Bonchev–Trinajstić information content (AvgIpc) is 3.30. The highest BCUT2D eigenvalue weighted by Gasteiger charge is 2.14. The van der Waals surface area contributed by atoms with Gasteiger partial charge in [-0.15, -0.1) is 0 Å². The lowest BCUT2D eigenvalue weighted by atomic mass is 10.1. The Bertz CT molecular complexity index is 1200. The number of para-hydroxylation sites is 2. The molecule has 0 radical (unpaired) electrons. The summed E-state index contributed by atoms with van der Waals surface area (Å²) < 4.78 is 1.75. The maximum absolute atomic E-state index is 12.8. The molecule has 0 fully saturated rings. The number of nitrogens with zero attached hydrogens (tertiary/aromatic N) is 3. The molecule has 1 N–H and O–H groups in total. The van der Waals surface area contributed by atoms with Crippen molar-refractivity contribution in [2.24, 2.45) is 0 Å². The fourth-order valence-corrected chi connectivity index (χ4v) is 3.65. The van der Waals surface area contributed by atoms with E-state index >= 15 is 0 Å². The molecule has 0 bridgehead atoms. The molecular weight excluding hydrogens is 412 g/mol. The zero-order chi connectivity index (χ0) is 23.0. The predicted molar refractivity (Wildman–Crippen MR) is 131 cm³/mol. The SMILES string of the molecule is CCN(C(=O)Cc1ccc(NC(=O)Cc2cnn(-c3ccccc3)c2)cc1)c1ccccc1. The van der Waals surface area contributed by atoms with Crippen LogP contribution in [0.1, 0.15) is 18.1 Å². The van der Waals surface area contributed by atoms with Crippen molar-refractivity contribution in [2.45, 2.75) is 19.8 Å². The third-order valence-electron chi connectivity index (χ3n) is 5.30. The lowest BCUT2D eigenvalue weighted by Crippen LogP contribution is -2.31. The molecule has 0 aliphatic carbocycles. The average molecular weight is 439 g/mol. The Morgan fingerprint density at radius 1 is 0.848 bits per heavy atom. The molecule has 4 aromatic rings. The standard InChI is InChI=1S/C27H26N4O2/c1-2-30(24-9-5-3-6-10-24)27(33)18-21-13-15-23(16-14-21)29-26(32)17-22-19-28-31(20-22)25-11-7-4-8-12-25/h3-16,19-20H,2,17-18H2,1H3,(H,29,32). The number of aromatic nitrogens is 2. The van der Waals surface area contributed by atoms with E-state index in [0.29, 0.717) is 18.7 Å². The van der Waals surface area contributed by atoms with Crippen molar-refractivity contribution in [3.8, 4) is 5.69 Å². The van der Waals surface area contributed by atoms with Crippen molar-refractivity contribution in [1.82, 2.24) is 9.78 Å². The van der Waals surface area contributed by atoms with Gasteiger partial charge in [-0.2, -0.15) is 5.10 Å². The van der Waals surface area contributed by atoms with E-state index in [9.17, 15) is 9.59 Å². The normalized spacial score (nSPS) is 10.6. The molecule has 0 saturated heterocycles. The topological polar surface area (TPSA) is 67.2 Å². The zero-order valence-corrected chi connectivity index (χ0v) is 18.5. The van der Waals surface area contributed by atoms with Gasteiger partial charge in [0.15, 0.2) is 0 Å². The maximum atomic E-state index is 12.8. The van der Waals surface area contributed by atoms with Gasteiger partial charge in [-0.1, -0.05) is 48.5 Å². The molecule has 1 aromatic heterocycles. The Labute approximate surface area is 193 Å². The third kappa shape index (κ3) is 5.74. The first kappa shape index (κ1) is 22.0. The fraction of sp³-hybridized carbons (Fsp3) is 0.148. The quantitative estimate of drug-likeness (QED) is 0.435. The molecule has 6 nitrogen and oxygen atoms in total. The number of carbonyl (C=O) groups is 2. The fourth-order valence-electron chi connectivity index (χ4n) is 3.65. The largest absolute Gasteiger partial charge is 0.326 e. The van der Waals surface area contributed by atoms with Crippen LogP contribution in [-0.2, 0) is 22.4 Å². The number of likely N-dealkylation sites (N-methyl/N-ethyl adjacent to an activating group) is 1. The molecule has 0 atom stereocenters. The third-order valence-corrected chi connectivity index (χ3v) is 5.30. The van der Waals surface area contributed by atoms with Crippen molar-refractivity contribution in [3.05, 3.63) is 108 Å². The Kier molecular flexibility index (Phi) is 6.95. The van der Waals surface area contributed by atoms with Crippen molar-refractivity contribution < 1.29 is 9.59 Å². The second kappa shape index (κ2) is 10.4. The van der Waals surface area contributed by atoms with Crippen molar-refractivity contribution >= 4 is 23.2 Å². The van der Waals surface area contributed by atoms with Gasteiger partial charge in [-0.3, -0.25) is 9.59 Å². The highest BCUT2D eigenvalue weighted by Crippen LogP contribution is 2.17. The first-order chi connectivity index (χ1) is 16.1. The van der Waals surface area contributed by atoms with Crippen LogP contribution in [0.5, 0.6) is 0 Å². The summed E-state index contributed by atoms with van der Waals surface area (Å²) in [5, 5.41) is 7.24. The van der Waals surface area contributed by atoms with E-state index in [1.54, 1.807) is 15.8 Å². The van der Waals surface area contributed by atoms with Gasteiger partial charge in [0.2, 0.25) is 11.8 Å². The van der Waals surface area contributed by atoms with E-state index in [1.165, 1.54) is 0 Å². The number of nitrogens with one attached hydrogen (secondary N) is 1. The van der Waals surface area contributed by atoms with Crippen molar-refractivity contribution in [2.75, 3.05) is 16.8 Å². The Morgan fingerprint density at radius 2 is 1.52 bits per heavy atom. The Balaban J connectivity index is 1.32. The maximum Gasteiger partial charge on any atom is 0.231 e. The van der Waals surface area contributed by atoms with Crippen LogP contribution in [0.2, 0.25) is 0 Å². The van der Waals surface area contributed by atoms with Crippen LogP contribution in [-0.4, -0.2) is 28.1 Å². The highest BCUT2D eigenvalue weighted by molar-refractivity contribution is 5.95. The minimum Gasteiger partial charge on any atom is -0.326 e. The Morgan fingerprint density at radius 3 is 2.18 bits per heavy atom. The van der Waals surface area contributed by atoms with E-state index in [4.69, 9.17) is 0 Å². The molecule has 1 heterocycles. The molecule has 2 amide bonds. The van der Waals surface area contributed by atoms with E-state index in [-0.39, 0.29) is 18.2 Å². The van der Waals surface area contributed by atoms with Crippen LogP contribution in [0.25, 0.3) is 5.69 Å². The van der Waals surface area contributed by atoms with E-state index in [0.717, 1.165) is 22.5 Å². The number of hydrogen-bond acceptors (Lipinski definition) is 3. The molecule has 0 saturated carbocycles. The molecule has 166 valence electrons. The van der Waals surface area contributed by atoms with Gasteiger partial charge in [0.1, 0.15) is 0 Å². The summed E-state index contributed by atoms with van der Waals surface area (Å²) in [5.74, 6) is -0.0800. The number of amides is 2. The van der Waals surface area contributed by atoms with Gasteiger partial charge in [0.05, 0.1) is 24.7 Å². The molecular formula is C27H26N4O2. The molecule has 6 heteroatoms. The number of benzene rings is 3. The first-order valence-corrected chi connectivity index (χ1v) is 11.0. The van der Waals surface area contributed by atoms with E-state index < -0.39 is 0 Å². The second-order valence-electron chi connectivity index (χ2n) is 7.70. The number of anilines is 2. The lowest BCUT2D eigenvalue weighted by molar-refractivity contribution is -0.118. The molecule has 0 unspecified atom stereocenters. The predicted octanol–water partition coefficient (Wildman–Crippen LogP) is 4.65. The number of carbonyl (C=O) groups excluding carboxylic acids is 2. The minimum absolute atomic E-state index is 0.0379. The molecule has 0 spiro atoms. The molecule has 4 rings (SSSR count). The van der Waals surface area contributed by atoms with Crippen LogP contribution in [0, 0.1) is 0 Å². The molecule has 33 heavy (non-hydrogen) atoms. The Hall–Kier alpha value is -4.19. The summed E-state index contributed by atoms with van der Waals surface area (Å²) >= 11 is 0. The number of rotatable bonds is 8. The number of hydrogen-bond donors (Lipinski definition) is 1. The van der Waals surface area contributed by atoms with Crippen molar-refractivity contribution in [3.63, 3.8) is 0 Å². The van der Waals surface area contributed by atoms with E-state index in [1.807, 2.05) is 98.0 Å². The van der Waals surface area contributed by atoms with Gasteiger partial charge >= 0.3 is 0 Å². The summed E-state index contributed by atoms with van der Waals surface area (Å²) in [6, 6.07) is 26.8. The summed E-state index contributed by atoms with van der Waals surface area (Å²) in [6.45, 7) is 2.57. The van der Waals surface area contributed by atoms with Crippen LogP contribution < -0.4 is 10.2 Å². The summed E-state index contributed by atoms with van der Waals surface area (Å²) in [6.07, 6.45) is 4.09. The zero-order valence-electron chi connectivity index (χ0n) is 18.5. The molecule has 0 aliphatic heterocycles. The smallest absolute Gasteiger partial charge is 0.231 e. The summed E-state index contributed by atoms with van der Waals surface area (Å²) in [4.78, 5) is 27.0. The first-order valence-electron chi connectivity index (χ1n) is 11.0. The molecule has 0 aliphatic rings. The van der Waals surface area contributed by atoms with Gasteiger partial charge in [-0.05, 0) is 54.4 Å². The summed E-state index contributed by atoms with van der Waals surface area (Å²) in [5.41, 5.74) is 4.27. The van der Waals surface area contributed by atoms with Gasteiger partial charge in [-0.25, -0.2) is 4.68 Å². The van der Waals surface area contributed by atoms with Gasteiger partial charge < -0.3 is 10.2 Å². The monoisotopic (exact) mass is 438 g/mol. The second-order valence-corrected chi connectivity index (χ2v) is 7.70. The van der Waals surface area contributed by atoms with Crippen molar-refractivity contribution in [1.29, 1.82) is 0 Å². The lowest BCUT2D eigenvalue weighted by Gasteiger charge is -2.21.